The van der Waals surface area contributed by atoms with E-state index in [1.165, 1.54) is 0 Å². The van der Waals surface area contributed by atoms with Crippen LogP contribution in [-0.4, -0.2) is 63.2 Å². The van der Waals surface area contributed by atoms with E-state index in [1.54, 1.807) is 29.2 Å². The SMILES string of the molecule is CN1C(=O)CCCCC1CN1CCC(Cn2nc(-c3ccncc3)ccc2=O)CC1. The summed E-state index contributed by atoms with van der Waals surface area (Å²) in [5.41, 5.74) is 1.72. The molecule has 7 heteroatoms. The zero-order chi connectivity index (χ0) is 20.9. The predicted molar refractivity (Wildman–Crippen MR) is 116 cm³/mol. The Balaban J connectivity index is 1.34. The van der Waals surface area contributed by atoms with Gasteiger partial charge in [0.15, 0.2) is 0 Å². The molecule has 0 spiro atoms. The lowest BCUT2D eigenvalue weighted by Gasteiger charge is -2.36. The van der Waals surface area contributed by atoms with Gasteiger partial charge in [-0.1, -0.05) is 6.42 Å². The topological polar surface area (TPSA) is 71.3 Å². The second-order valence-electron chi connectivity index (χ2n) is 8.62. The summed E-state index contributed by atoms with van der Waals surface area (Å²) in [4.78, 5) is 33.0. The van der Waals surface area contributed by atoms with Gasteiger partial charge in [-0.05, 0) is 62.9 Å². The average Bonchev–Trinajstić information content (AvgIpc) is 2.93. The first-order chi connectivity index (χ1) is 14.6. The number of amides is 1. The number of carbonyl (C=O) groups is 1. The van der Waals surface area contributed by atoms with E-state index in [-0.39, 0.29) is 11.5 Å². The molecule has 0 N–H and O–H groups in total. The molecule has 160 valence electrons. The van der Waals surface area contributed by atoms with Crippen molar-refractivity contribution < 1.29 is 4.79 Å². The number of nitrogens with zero attached hydrogens (tertiary/aromatic N) is 5. The lowest BCUT2D eigenvalue weighted by atomic mass is 9.96. The Morgan fingerprint density at radius 2 is 1.73 bits per heavy atom. The summed E-state index contributed by atoms with van der Waals surface area (Å²) < 4.78 is 1.62. The maximum Gasteiger partial charge on any atom is 0.266 e. The van der Waals surface area contributed by atoms with Crippen molar-refractivity contribution in [1.82, 2.24) is 24.6 Å². The number of pyridine rings is 1. The van der Waals surface area contributed by atoms with E-state index in [4.69, 9.17) is 0 Å². The lowest BCUT2D eigenvalue weighted by Crippen LogP contribution is -2.46. The Labute approximate surface area is 177 Å². The molecule has 2 saturated heterocycles. The fraction of sp³-hybridized carbons (Fsp3) is 0.565. The van der Waals surface area contributed by atoms with Crippen LogP contribution in [0.3, 0.4) is 0 Å². The molecule has 4 heterocycles. The Hall–Kier alpha value is -2.54. The van der Waals surface area contributed by atoms with Crippen LogP contribution >= 0.6 is 0 Å². The first-order valence-corrected chi connectivity index (χ1v) is 11.1. The zero-order valence-corrected chi connectivity index (χ0v) is 17.7. The summed E-state index contributed by atoms with van der Waals surface area (Å²) >= 11 is 0. The van der Waals surface area contributed by atoms with Crippen molar-refractivity contribution in [3.05, 3.63) is 47.0 Å². The van der Waals surface area contributed by atoms with E-state index < -0.39 is 0 Å². The van der Waals surface area contributed by atoms with Crippen molar-refractivity contribution in [3.8, 4) is 11.3 Å². The fourth-order valence-electron chi connectivity index (χ4n) is 4.59. The van der Waals surface area contributed by atoms with E-state index in [2.05, 4.69) is 15.0 Å². The number of likely N-dealkylation sites (N-methyl/N-ethyl adjacent to an activating group) is 1. The average molecular weight is 410 g/mol. The minimum atomic E-state index is -0.0474. The van der Waals surface area contributed by atoms with Crippen LogP contribution in [0.5, 0.6) is 0 Å². The van der Waals surface area contributed by atoms with Crippen LogP contribution in [0.25, 0.3) is 11.3 Å². The molecule has 4 rings (SSSR count). The van der Waals surface area contributed by atoms with E-state index in [0.29, 0.717) is 24.9 Å². The summed E-state index contributed by atoms with van der Waals surface area (Å²) in [5.74, 6) is 0.736. The molecule has 0 aliphatic carbocycles. The molecule has 2 aliphatic rings. The predicted octanol–water partition coefficient (Wildman–Crippen LogP) is 2.42. The van der Waals surface area contributed by atoms with Crippen LogP contribution < -0.4 is 5.56 Å². The second kappa shape index (κ2) is 9.51. The smallest absolute Gasteiger partial charge is 0.266 e. The molecule has 2 aliphatic heterocycles. The molecular formula is C23H31N5O2. The van der Waals surface area contributed by atoms with Gasteiger partial charge in [-0.25, -0.2) is 4.68 Å². The van der Waals surface area contributed by atoms with Gasteiger partial charge in [-0.15, -0.1) is 0 Å². The third-order valence-electron chi connectivity index (χ3n) is 6.57. The van der Waals surface area contributed by atoms with Gasteiger partial charge in [-0.2, -0.15) is 5.10 Å². The molecule has 1 atom stereocenters. The second-order valence-corrected chi connectivity index (χ2v) is 8.62. The Morgan fingerprint density at radius 1 is 0.967 bits per heavy atom. The highest BCUT2D eigenvalue weighted by Crippen LogP contribution is 2.22. The van der Waals surface area contributed by atoms with Crippen molar-refractivity contribution in [2.75, 3.05) is 26.7 Å². The maximum atomic E-state index is 12.3. The van der Waals surface area contributed by atoms with Crippen molar-refractivity contribution in [2.45, 2.75) is 51.1 Å². The van der Waals surface area contributed by atoms with Crippen molar-refractivity contribution >= 4 is 5.91 Å². The normalized spacial score (nSPS) is 21.6. The number of hydrogen-bond donors (Lipinski definition) is 0. The van der Waals surface area contributed by atoms with Gasteiger partial charge in [0.05, 0.1) is 5.69 Å². The quantitative estimate of drug-likeness (QED) is 0.758. The minimum absolute atomic E-state index is 0.0474. The monoisotopic (exact) mass is 409 g/mol. The van der Waals surface area contributed by atoms with Crippen molar-refractivity contribution in [3.63, 3.8) is 0 Å². The summed E-state index contributed by atoms with van der Waals surface area (Å²) in [6.07, 6.45) is 9.53. The van der Waals surface area contributed by atoms with Crippen molar-refractivity contribution in [2.24, 2.45) is 5.92 Å². The van der Waals surface area contributed by atoms with Gasteiger partial charge in [-0.3, -0.25) is 14.6 Å². The summed E-state index contributed by atoms with van der Waals surface area (Å²) in [6.45, 7) is 3.65. The Bertz CT molecular complexity index is 905. The number of rotatable bonds is 5. The molecule has 1 amide bonds. The summed E-state index contributed by atoms with van der Waals surface area (Å²) in [6, 6.07) is 7.53. The number of piperidine rings is 1. The first kappa shape index (κ1) is 20.7. The maximum absolute atomic E-state index is 12.3. The first-order valence-electron chi connectivity index (χ1n) is 11.1. The molecular weight excluding hydrogens is 378 g/mol. The highest BCUT2D eigenvalue weighted by atomic mass is 16.2. The van der Waals surface area contributed by atoms with Gasteiger partial charge < -0.3 is 9.80 Å². The van der Waals surface area contributed by atoms with Gasteiger partial charge in [0, 0.05) is 56.6 Å². The van der Waals surface area contributed by atoms with Gasteiger partial charge in [0.25, 0.3) is 5.56 Å². The van der Waals surface area contributed by atoms with Crippen LogP contribution in [0.4, 0.5) is 0 Å². The molecule has 0 saturated carbocycles. The molecule has 0 radical (unpaired) electrons. The third-order valence-corrected chi connectivity index (χ3v) is 6.57. The molecule has 0 bridgehead atoms. The van der Waals surface area contributed by atoms with E-state index >= 15 is 0 Å². The Morgan fingerprint density at radius 3 is 2.50 bits per heavy atom. The largest absolute Gasteiger partial charge is 0.341 e. The zero-order valence-electron chi connectivity index (χ0n) is 17.7. The van der Waals surface area contributed by atoms with E-state index in [1.807, 2.05) is 24.1 Å². The standard InChI is InChI=1S/C23H31N5O2/c1-26-20(4-2-3-5-22(26)29)17-27-14-10-18(11-15-27)16-28-23(30)7-6-21(25-28)19-8-12-24-13-9-19/h6-9,12-13,18,20H,2-5,10-11,14-17H2,1H3. The molecule has 0 aromatic carbocycles. The van der Waals surface area contributed by atoms with Gasteiger partial charge in [0.1, 0.15) is 0 Å². The third kappa shape index (κ3) is 4.95. The highest BCUT2D eigenvalue weighted by molar-refractivity contribution is 5.76. The molecule has 2 fully saturated rings. The van der Waals surface area contributed by atoms with Crippen molar-refractivity contribution in [1.29, 1.82) is 0 Å². The van der Waals surface area contributed by atoms with E-state index in [9.17, 15) is 9.59 Å². The van der Waals surface area contributed by atoms with Crippen LogP contribution in [0.2, 0.25) is 0 Å². The molecule has 30 heavy (non-hydrogen) atoms. The molecule has 2 aromatic rings. The summed E-state index contributed by atoms with van der Waals surface area (Å²) in [7, 11) is 1.96. The molecule has 7 nitrogen and oxygen atoms in total. The van der Waals surface area contributed by atoms with Crippen LogP contribution in [0, 0.1) is 5.92 Å². The Kier molecular flexibility index (Phi) is 6.57. The highest BCUT2D eigenvalue weighted by Gasteiger charge is 2.27. The molecule has 1 unspecified atom stereocenters. The number of likely N-dealkylation sites (tertiary alicyclic amines) is 2. The van der Waals surface area contributed by atoms with Crippen LogP contribution in [-0.2, 0) is 11.3 Å². The number of hydrogen-bond acceptors (Lipinski definition) is 5. The lowest BCUT2D eigenvalue weighted by molar-refractivity contribution is -0.131. The van der Waals surface area contributed by atoms with Gasteiger partial charge >= 0.3 is 0 Å². The van der Waals surface area contributed by atoms with Crippen LogP contribution in [0.1, 0.15) is 38.5 Å². The summed E-state index contributed by atoms with van der Waals surface area (Å²) in [5, 5.41) is 4.60. The fourth-order valence-corrected chi connectivity index (χ4v) is 4.59. The van der Waals surface area contributed by atoms with E-state index in [0.717, 1.165) is 63.0 Å². The number of carbonyl (C=O) groups excluding carboxylic acids is 1. The van der Waals surface area contributed by atoms with Gasteiger partial charge in [0.2, 0.25) is 5.91 Å². The minimum Gasteiger partial charge on any atom is -0.341 e. The number of aromatic nitrogens is 3. The van der Waals surface area contributed by atoms with Crippen LogP contribution in [0.15, 0.2) is 41.5 Å². The molecule has 2 aromatic heterocycles.